The first-order valence-corrected chi connectivity index (χ1v) is 7.77. The van der Waals surface area contributed by atoms with Gasteiger partial charge in [0.25, 0.3) is 0 Å². The van der Waals surface area contributed by atoms with E-state index in [9.17, 15) is 4.79 Å². The molecule has 2 aromatic rings. The van der Waals surface area contributed by atoms with E-state index >= 15 is 0 Å². The molecular weight excluding hydrogens is 339 g/mol. The van der Waals surface area contributed by atoms with Crippen molar-refractivity contribution in [2.45, 2.75) is 0 Å². The lowest BCUT2D eigenvalue weighted by Crippen LogP contribution is -2.46. The molecule has 0 spiro atoms. The van der Waals surface area contributed by atoms with Crippen LogP contribution in [0.25, 0.3) is 0 Å². The first-order chi connectivity index (χ1) is 11.2. The summed E-state index contributed by atoms with van der Waals surface area (Å²) in [5.74, 6) is 1.06. The fourth-order valence-electron chi connectivity index (χ4n) is 2.27. The lowest BCUT2D eigenvalue weighted by molar-refractivity contribution is -0.118. The Bertz CT molecular complexity index is 705. The van der Waals surface area contributed by atoms with Crippen LogP contribution in [0.3, 0.4) is 0 Å². The maximum Gasteiger partial charge on any atom is 0.249 e. The quantitative estimate of drug-likeness (QED) is 0.850. The Morgan fingerprint density at radius 3 is 2.65 bits per heavy atom. The Balaban J connectivity index is 1.74. The lowest BCUT2D eigenvalue weighted by atomic mass is 10.3. The second-order valence-corrected chi connectivity index (χ2v) is 5.86. The number of nitrogens with zero attached hydrogens (tertiary/aromatic N) is 5. The van der Waals surface area contributed by atoms with E-state index in [1.807, 2.05) is 0 Å². The SMILES string of the molecule is O=CN1CCN(c2cnnc(Nc3ccc(Cl)cc3Cl)n2)CC1. The number of amides is 1. The van der Waals surface area contributed by atoms with Crippen molar-refractivity contribution in [3.05, 3.63) is 34.4 Å². The van der Waals surface area contributed by atoms with Crippen molar-refractivity contribution >= 4 is 47.1 Å². The third-order valence-electron chi connectivity index (χ3n) is 3.51. The van der Waals surface area contributed by atoms with Gasteiger partial charge in [-0.2, -0.15) is 10.1 Å². The van der Waals surface area contributed by atoms with Gasteiger partial charge in [-0.15, -0.1) is 5.10 Å². The van der Waals surface area contributed by atoms with Gasteiger partial charge in [0.1, 0.15) is 0 Å². The number of aromatic nitrogens is 3. The van der Waals surface area contributed by atoms with E-state index in [-0.39, 0.29) is 0 Å². The van der Waals surface area contributed by atoms with Gasteiger partial charge in [-0.05, 0) is 18.2 Å². The first-order valence-electron chi connectivity index (χ1n) is 7.02. The highest BCUT2D eigenvalue weighted by atomic mass is 35.5. The fourth-order valence-corrected chi connectivity index (χ4v) is 2.72. The van der Waals surface area contributed by atoms with Crippen molar-refractivity contribution in [2.75, 3.05) is 36.4 Å². The molecule has 120 valence electrons. The van der Waals surface area contributed by atoms with Crippen LogP contribution in [-0.2, 0) is 4.79 Å². The smallest absolute Gasteiger partial charge is 0.249 e. The summed E-state index contributed by atoms with van der Waals surface area (Å²) in [6, 6.07) is 5.12. The molecule has 1 aliphatic rings. The minimum absolute atomic E-state index is 0.351. The average molecular weight is 353 g/mol. The number of carbonyl (C=O) groups is 1. The van der Waals surface area contributed by atoms with Crippen LogP contribution >= 0.6 is 23.2 Å². The van der Waals surface area contributed by atoms with Crippen molar-refractivity contribution in [3.8, 4) is 0 Å². The number of benzene rings is 1. The molecule has 7 nitrogen and oxygen atoms in total. The maximum absolute atomic E-state index is 10.8. The summed E-state index contributed by atoms with van der Waals surface area (Å²) < 4.78 is 0. The molecule has 1 saturated heterocycles. The minimum atomic E-state index is 0.351. The maximum atomic E-state index is 10.8. The number of halogens is 2. The minimum Gasteiger partial charge on any atom is -0.352 e. The number of carbonyl (C=O) groups excluding carboxylic acids is 1. The van der Waals surface area contributed by atoms with Crippen LogP contribution in [0.4, 0.5) is 17.5 Å². The zero-order valence-corrected chi connectivity index (χ0v) is 13.6. The van der Waals surface area contributed by atoms with Gasteiger partial charge in [0.05, 0.1) is 16.9 Å². The second-order valence-electron chi connectivity index (χ2n) is 5.02. The van der Waals surface area contributed by atoms with Gasteiger partial charge in [-0.3, -0.25) is 4.79 Å². The van der Waals surface area contributed by atoms with Crippen molar-refractivity contribution in [3.63, 3.8) is 0 Å². The van der Waals surface area contributed by atoms with Crippen molar-refractivity contribution in [1.82, 2.24) is 20.1 Å². The molecule has 1 amide bonds. The monoisotopic (exact) mass is 352 g/mol. The van der Waals surface area contributed by atoms with Gasteiger partial charge >= 0.3 is 0 Å². The Hall–Kier alpha value is -2.12. The molecule has 0 aliphatic carbocycles. The summed E-state index contributed by atoms with van der Waals surface area (Å²) in [6.45, 7) is 2.75. The Kier molecular flexibility index (Phi) is 4.78. The summed E-state index contributed by atoms with van der Waals surface area (Å²) in [7, 11) is 0. The van der Waals surface area contributed by atoms with E-state index in [2.05, 4.69) is 25.4 Å². The largest absolute Gasteiger partial charge is 0.352 e. The van der Waals surface area contributed by atoms with E-state index in [0.717, 1.165) is 6.41 Å². The molecule has 1 aromatic heterocycles. The molecule has 0 bridgehead atoms. The summed E-state index contributed by atoms with van der Waals surface area (Å²) in [4.78, 5) is 19.0. The molecule has 0 saturated carbocycles. The Morgan fingerprint density at radius 2 is 1.96 bits per heavy atom. The Morgan fingerprint density at radius 1 is 1.17 bits per heavy atom. The van der Waals surface area contributed by atoms with Crippen LogP contribution in [0, 0.1) is 0 Å². The molecule has 1 N–H and O–H groups in total. The summed E-state index contributed by atoms with van der Waals surface area (Å²) in [5, 5.41) is 12.0. The van der Waals surface area contributed by atoms with Crippen LogP contribution < -0.4 is 10.2 Å². The van der Waals surface area contributed by atoms with Gasteiger partial charge in [-0.25, -0.2) is 0 Å². The molecular formula is C14H14Cl2N6O. The number of nitrogens with one attached hydrogen (secondary N) is 1. The van der Waals surface area contributed by atoms with Gasteiger partial charge in [-0.1, -0.05) is 23.2 Å². The Labute approximate surface area is 143 Å². The highest BCUT2D eigenvalue weighted by Gasteiger charge is 2.17. The molecule has 0 atom stereocenters. The zero-order chi connectivity index (χ0) is 16.2. The highest BCUT2D eigenvalue weighted by Crippen LogP contribution is 2.27. The van der Waals surface area contributed by atoms with Crippen LogP contribution in [0.2, 0.25) is 10.0 Å². The number of hydrogen-bond donors (Lipinski definition) is 1. The summed E-state index contributed by atoms with van der Waals surface area (Å²) in [5.41, 5.74) is 0.654. The van der Waals surface area contributed by atoms with Gasteiger partial charge < -0.3 is 15.1 Å². The van der Waals surface area contributed by atoms with E-state index in [4.69, 9.17) is 23.2 Å². The third-order valence-corrected chi connectivity index (χ3v) is 4.06. The van der Waals surface area contributed by atoms with Crippen LogP contribution in [0.1, 0.15) is 0 Å². The summed E-state index contributed by atoms with van der Waals surface area (Å²) >= 11 is 12.0. The normalized spacial score (nSPS) is 14.7. The topological polar surface area (TPSA) is 74.2 Å². The molecule has 1 fully saturated rings. The van der Waals surface area contributed by atoms with Gasteiger partial charge in [0.15, 0.2) is 5.82 Å². The van der Waals surface area contributed by atoms with Crippen molar-refractivity contribution < 1.29 is 4.79 Å². The molecule has 0 radical (unpaired) electrons. The number of rotatable bonds is 4. The van der Waals surface area contributed by atoms with Crippen molar-refractivity contribution in [2.24, 2.45) is 0 Å². The molecule has 2 heterocycles. The van der Waals surface area contributed by atoms with Crippen LogP contribution in [0.5, 0.6) is 0 Å². The lowest BCUT2D eigenvalue weighted by Gasteiger charge is -2.33. The molecule has 9 heteroatoms. The van der Waals surface area contributed by atoms with E-state index in [1.54, 1.807) is 29.3 Å². The molecule has 3 rings (SSSR count). The molecule has 0 unspecified atom stereocenters. The van der Waals surface area contributed by atoms with Crippen molar-refractivity contribution in [1.29, 1.82) is 0 Å². The summed E-state index contributed by atoms with van der Waals surface area (Å²) in [6.07, 6.45) is 2.47. The molecule has 1 aromatic carbocycles. The van der Waals surface area contributed by atoms with E-state index in [0.29, 0.717) is 53.7 Å². The third kappa shape index (κ3) is 3.80. The van der Waals surface area contributed by atoms with Gasteiger partial charge in [0.2, 0.25) is 12.4 Å². The second kappa shape index (κ2) is 6.97. The van der Waals surface area contributed by atoms with E-state index in [1.165, 1.54) is 0 Å². The number of anilines is 3. The standard InChI is InChI=1S/C14H14Cl2N6O/c15-10-1-2-12(11(16)7-10)18-14-19-13(8-17-20-14)22-5-3-21(9-23)4-6-22/h1-2,7-9H,3-6H2,(H,18,19,20). The zero-order valence-electron chi connectivity index (χ0n) is 12.1. The average Bonchev–Trinajstić information content (AvgIpc) is 2.58. The highest BCUT2D eigenvalue weighted by molar-refractivity contribution is 6.36. The van der Waals surface area contributed by atoms with Crippen LogP contribution in [0.15, 0.2) is 24.4 Å². The van der Waals surface area contributed by atoms with Gasteiger partial charge in [0, 0.05) is 31.2 Å². The predicted octanol–water partition coefficient (Wildman–Crippen LogP) is 2.20. The van der Waals surface area contributed by atoms with E-state index < -0.39 is 0 Å². The number of hydrogen-bond acceptors (Lipinski definition) is 6. The van der Waals surface area contributed by atoms with Crippen LogP contribution in [-0.4, -0.2) is 52.7 Å². The molecule has 1 aliphatic heterocycles. The number of piperazine rings is 1. The molecule has 23 heavy (non-hydrogen) atoms. The first kappa shape index (κ1) is 15.8. The fraction of sp³-hybridized carbons (Fsp3) is 0.286. The predicted molar refractivity (Wildman–Crippen MR) is 89.4 cm³/mol.